The molecule has 1 atom stereocenters. The van der Waals surface area contributed by atoms with Crippen LogP contribution in [-0.2, 0) is 11.2 Å². The van der Waals surface area contributed by atoms with Gasteiger partial charge >= 0.3 is 0 Å². The Bertz CT molecular complexity index is 364. The van der Waals surface area contributed by atoms with Gasteiger partial charge in [0.2, 0.25) is 0 Å². The summed E-state index contributed by atoms with van der Waals surface area (Å²) in [6.07, 6.45) is 1.62. The van der Waals surface area contributed by atoms with E-state index in [-0.39, 0.29) is 5.82 Å². The topological polar surface area (TPSA) is 44.5 Å². The van der Waals surface area contributed by atoms with Gasteiger partial charge in [0.1, 0.15) is 0 Å². The molecule has 94 valence electrons. The minimum atomic E-state index is -0.310. The lowest BCUT2D eigenvalue weighted by Gasteiger charge is -2.14. The molecule has 1 saturated heterocycles. The van der Waals surface area contributed by atoms with Crippen molar-refractivity contribution in [3.63, 3.8) is 0 Å². The predicted molar refractivity (Wildman–Crippen MR) is 63.6 cm³/mol. The SMILES string of the molecule is NCCc1cccc(F)c1OCC1CCOC1. The van der Waals surface area contributed by atoms with Crippen LogP contribution in [0, 0.1) is 11.7 Å². The standard InChI is InChI=1S/C13H18FNO2/c14-12-3-1-2-11(4-6-15)13(12)17-9-10-5-7-16-8-10/h1-3,10H,4-9,15H2. The van der Waals surface area contributed by atoms with Gasteiger partial charge in [-0.1, -0.05) is 12.1 Å². The first kappa shape index (κ1) is 12.3. The second-order valence-corrected chi connectivity index (χ2v) is 4.31. The van der Waals surface area contributed by atoms with Crippen LogP contribution >= 0.6 is 0 Å². The first-order valence-corrected chi connectivity index (χ1v) is 5.99. The fourth-order valence-electron chi connectivity index (χ4n) is 1.98. The molecule has 1 fully saturated rings. The van der Waals surface area contributed by atoms with Gasteiger partial charge in [0, 0.05) is 12.5 Å². The molecule has 17 heavy (non-hydrogen) atoms. The van der Waals surface area contributed by atoms with Crippen LogP contribution in [0.1, 0.15) is 12.0 Å². The molecule has 2 rings (SSSR count). The molecule has 0 radical (unpaired) electrons. The van der Waals surface area contributed by atoms with Crippen LogP contribution in [0.15, 0.2) is 18.2 Å². The maximum absolute atomic E-state index is 13.7. The zero-order chi connectivity index (χ0) is 12.1. The number of hydrogen-bond acceptors (Lipinski definition) is 3. The van der Waals surface area contributed by atoms with Crippen LogP contribution in [0.3, 0.4) is 0 Å². The molecule has 1 heterocycles. The fraction of sp³-hybridized carbons (Fsp3) is 0.538. The maximum Gasteiger partial charge on any atom is 0.165 e. The monoisotopic (exact) mass is 239 g/mol. The molecule has 1 aromatic rings. The van der Waals surface area contributed by atoms with Crippen LogP contribution in [0.5, 0.6) is 5.75 Å². The number of hydrogen-bond donors (Lipinski definition) is 1. The van der Waals surface area contributed by atoms with Crippen LogP contribution in [0.25, 0.3) is 0 Å². The van der Waals surface area contributed by atoms with Crippen LogP contribution in [-0.4, -0.2) is 26.4 Å². The summed E-state index contributed by atoms with van der Waals surface area (Å²) in [5.74, 6) is 0.417. The van der Waals surface area contributed by atoms with Crippen LogP contribution in [0.4, 0.5) is 4.39 Å². The molecular formula is C13H18FNO2. The molecule has 0 spiro atoms. The maximum atomic E-state index is 13.7. The van der Waals surface area contributed by atoms with E-state index in [1.807, 2.05) is 6.07 Å². The molecule has 1 aromatic carbocycles. The zero-order valence-electron chi connectivity index (χ0n) is 9.82. The molecule has 1 unspecified atom stereocenters. The van der Waals surface area contributed by atoms with E-state index in [0.29, 0.717) is 37.8 Å². The van der Waals surface area contributed by atoms with Crippen molar-refractivity contribution in [2.75, 3.05) is 26.4 Å². The molecule has 0 bridgehead atoms. The highest BCUT2D eigenvalue weighted by molar-refractivity contribution is 5.35. The van der Waals surface area contributed by atoms with Gasteiger partial charge in [0.25, 0.3) is 0 Å². The fourth-order valence-corrected chi connectivity index (χ4v) is 1.98. The highest BCUT2D eigenvalue weighted by Gasteiger charge is 2.18. The predicted octanol–water partition coefficient (Wildman–Crippen LogP) is 1.74. The number of benzene rings is 1. The second kappa shape index (κ2) is 5.98. The van der Waals surface area contributed by atoms with E-state index in [9.17, 15) is 4.39 Å². The van der Waals surface area contributed by atoms with Crippen molar-refractivity contribution in [1.82, 2.24) is 0 Å². The lowest BCUT2D eigenvalue weighted by molar-refractivity contribution is 0.165. The van der Waals surface area contributed by atoms with Crippen molar-refractivity contribution in [3.8, 4) is 5.75 Å². The molecule has 0 saturated carbocycles. The summed E-state index contributed by atoms with van der Waals surface area (Å²) < 4.78 is 24.5. The summed E-state index contributed by atoms with van der Waals surface area (Å²) in [6, 6.07) is 4.96. The molecule has 1 aliphatic rings. The lowest BCUT2D eigenvalue weighted by Crippen LogP contribution is -2.14. The van der Waals surface area contributed by atoms with Gasteiger partial charge in [-0.05, 0) is 31.0 Å². The van der Waals surface area contributed by atoms with E-state index >= 15 is 0 Å². The van der Waals surface area contributed by atoms with Crippen molar-refractivity contribution in [3.05, 3.63) is 29.6 Å². The molecule has 2 N–H and O–H groups in total. The third kappa shape index (κ3) is 3.17. The lowest BCUT2D eigenvalue weighted by atomic mass is 10.1. The van der Waals surface area contributed by atoms with Crippen molar-refractivity contribution < 1.29 is 13.9 Å². The Labute approximate surface area is 101 Å². The summed E-state index contributed by atoms with van der Waals surface area (Å²) in [5.41, 5.74) is 6.34. The largest absolute Gasteiger partial charge is 0.490 e. The van der Waals surface area contributed by atoms with E-state index in [1.54, 1.807) is 6.07 Å². The molecule has 0 aliphatic carbocycles. The summed E-state index contributed by atoms with van der Waals surface area (Å²) in [4.78, 5) is 0. The molecular weight excluding hydrogens is 221 g/mol. The second-order valence-electron chi connectivity index (χ2n) is 4.31. The smallest absolute Gasteiger partial charge is 0.165 e. The molecule has 3 nitrogen and oxygen atoms in total. The number of halogens is 1. The highest BCUT2D eigenvalue weighted by atomic mass is 19.1. The average molecular weight is 239 g/mol. The Morgan fingerprint density at radius 1 is 1.47 bits per heavy atom. The van der Waals surface area contributed by atoms with E-state index < -0.39 is 0 Å². The highest BCUT2D eigenvalue weighted by Crippen LogP contribution is 2.24. The van der Waals surface area contributed by atoms with Crippen molar-refractivity contribution >= 4 is 0 Å². The van der Waals surface area contributed by atoms with Crippen molar-refractivity contribution in [1.29, 1.82) is 0 Å². The Morgan fingerprint density at radius 2 is 2.35 bits per heavy atom. The van der Waals surface area contributed by atoms with Gasteiger partial charge in [0.05, 0.1) is 13.2 Å². The van der Waals surface area contributed by atoms with E-state index in [0.717, 1.165) is 18.6 Å². The minimum Gasteiger partial charge on any atom is -0.490 e. The van der Waals surface area contributed by atoms with Crippen LogP contribution < -0.4 is 10.5 Å². The quantitative estimate of drug-likeness (QED) is 0.851. The Hall–Kier alpha value is -1.13. The van der Waals surface area contributed by atoms with Crippen LogP contribution in [0.2, 0.25) is 0 Å². The van der Waals surface area contributed by atoms with E-state index in [2.05, 4.69) is 0 Å². The summed E-state index contributed by atoms with van der Waals surface area (Å²) in [5, 5.41) is 0. The van der Waals surface area contributed by atoms with Gasteiger partial charge in [-0.25, -0.2) is 4.39 Å². The van der Waals surface area contributed by atoms with E-state index in [1.165, 1.54) is 6.07 Å². The average Bonchev–Trinajstić information content (AvgIpc) is 2.82. The first-order valence-electron chi connectivity index (χ1n) is 5.99. The van der Waals surface area contributed by atoms with Gasteiger partial charge in [0.15, 0.2) is 11.6 Å². The summed E-state index contributed by atoms with van der Waals surface area (Å²) >= 11 is 0. The third-order valence-corrected chi connectivity index (χ3v) is 2.95. The Kier molecular flexibility index (Phi) is 4.34. The van der Waals surface area contributed by atoms with Crippen molar-refractivity contribution in [2.45, 2.75) is 12.8 Å². The molecule has 4 heteroatoms. The normalized spacial score (nSPS) is 19.5. The number of rotatable bonds is 5. The molecule has 1 aliphatic heterocycles. The zero-order valence-corrected chi connectivity index (χ0v) is 9.82. The number of nitrogens with two attached hydrogens (primary N) is 1. The minimum absolute atomic E-state index is 0.310. The summed E-state index contributed by atoms with van der Waals surface area (Å²) in [6.45, 7) is 2.49. The van der Waals surface area contributed by atoms with Gasteiger partial charge in [-0.15, -0.1) is 0 Å². The van der Waals surface area contributed by atoms with Gasteiger partial charge < -0.3 is 15.2 Å². The molecule has 0 aromatic heterocycles. The first-order chi connectivity index (χ1) is 8.31. The van der Waals surface area contributed by atoms with Gasteiger partial charge in [-0.3, -0.25) is 0 Å². The van der Waals surface area contributed by atoms with E-state index in [4.69, 9.17) is 15.2 Å². The third-order valence-electron chi connectivity index (χ3n) is 2.95. The van der Waals surface area contributed by atoms with Crippen molar-refractivity contribution in [2.24, 2.45) is 11.7 Å². The Balaban J connectivity index is 2.02. The Morgan fingerprint density at radius 3 is 3.06 bits per heavy atom. The number of ether oxygens (including phenoxy) is 2. The molecule has 0 amide bonds. The van der Waals surface area contributed by atoms with Gasteiger partial charge in [-0.2, -0.15) is 0 Å². The number of para-hydroxylation sites is 1. The summed E-state index contributed by atoms with van der Waals surface area (Å²) in [7, 11) is 0.